The first-order chi connectivity index (χ1) is 9.94. The van der Waals surface area contributed by atoms with E-state index in [0.29, 0.717) is 6.04 Å². The number of carbonyl (C=O) groups excluding carboxylic acids is 1. The van der Waals surface area contributed by atoms with Gasteiger partial charge in [-0.1, -0.05) is 36.4 Å². The molecule has 3 nitrogen and oxygen atoms in total. The molecule has 1 saturated heterocycles. The molecule has 1 aromatic rings. The van der Waals surface area contributed by atoms with Crippen LogP contribution in [0.1, 0.15) is 39.2 Å². The molecular weight excluding hydrogens is 262 g/mol. The first kappa shape index (κ1) is 15.8. The fraction of sp³-hybridized carbons (Fsp3) is 0.500. The Labute approximate surface area is 127 Å². The van der Waals surface area contributed by atoms with Gasteiger partial charge in [-0.2, -0.15) is 0 Å². The predicted octanol–water partition coefficient (Wildman–Crippen LogP) is 3.55. The van der Waals surface area contributed by atoms with E-state index in [1.807, 2.05) is 32.9 Å². The van der Waals surface area contributed by atoms with Gasteiger partial charge in [-0.25, -0.2) is 4.79 Å². The van der Waals surface area contributed by atoms with Crippen LogP contribution in [0.2, 0.25) is 0 Å². The van der Waals surface area contributed by atoms with Crippen molar-refractivity contribution in [2.45, 2.75) is 51.8 Å². The van der Waals surface area contributed by atoms with Crippen molar-refractivity contribution >= 4 is 5.97 Å². The summed E-state index contributed by atoms with van der Waals surface area (Å²) < 4.78 is 5.31. The molecule has 0 spiro atoms. The third kappa shape index (κ3) is 5.35. The molecule has 1 aliphatic heterocycles. The molecule has 1 aliphatic rings. The average molecular weight is 287 g/mol. The second-order valence-electron chi connectivity index (χ2n) is 6.56. The quantitative estimate of drug-likeness (QED) is 0.626. The fourth-order valence-electron chi connectivity index (χ4n) is 2.61. The number of nitrogens with zero attached hydrogens (tertiary/aromatic N) is 1. The van der Waals surface area contributed by atoms with Crippen molar-refractivity contribution in [3.05, 3.63) is 48.0 Å². The van der Waals surface area contributed by atoms with Crippen LogP contribution in [0.25, 0.3) is 0 Å². The number of rotatable bonds is 4. The minimum absolute atomic E-state index is 0.255. The summed E-state index contributed by atoms with van der Waals surface area (Å²) in [4.78, 5) is 14.2. The molecule has 3 heteroatoms. The van der Waals surface area contributed by atoms with Crippen molar-refractivity contribution in [1.29, 1.82) is 0 Å². The molecule has 0 aromatic heterocycles. The van der Waals surface area contributed by atoms with Crippen molar-refractivity contribution in [3.8, 4) is 0 Å². The van der Waals surface area contributed by atoms with Crippen molar-refractivity contribution < 1.29 is 9.53 Å². The number of likely N-dealkylation sites (tertiary alicyclic amines) is 1. The number of carbonyl (C=O) groups is 1. The van der Waals surface area contributed by atoms with Gasteiger partial charge in [0.2, 0.25) is 0 Å². The second-order valence-corrected chi connectivity index (χ2v) is 6.56. The summed E-state index contributed by atoms with van der Waals surface area (Å²) in [6.07, 6.45) is 5.85. The molecule has 0 aliphatic carbocycles. The minimum atomic E-state index is -0.430. The van der Waals surface area contributed by atoms with E-state index in [2.05, 4.69) is 29.2 Å². The molecule has 0 bridgehead atoms. The Bertz CT molecular complexity index is 488. The number of hydrogen-bond acceptors (Lipinski definition) is 3. The van der Waals surface area contributed by atoms with E-state index < -0.39 is 5.60 Å². The summed E-state index contributed by atoms with van der Waals surface area (Å²) in [5.74, 6) is -0.255. The van der Waals surface area contributed by atoms with Gasteiger partial charge in [0.05, 0.1) is 0 Å². The highest BCUT2D eigenvalue weighted by Gasteiger charge is 2.22. The summed E-state index contributed by atoms with van der Waals surface area (Å²) in [7, 11) is 0. The van der Waals surface area contributed by atoms with Gasteiger partial charge < -0.3 is 4.74 Å². The molecule has 0 amide bonds. The van der Waals surface area contributed by atoms with E-state index >= 15 is 0 Å². The summed E-state index contributed by atoms with van der Waals surface area (Å²) in [6.45, 7) is 7.67. The highest BCUT2D eigenvalue weighted by Crippen LogP contribution is 2.21. The molecular formula is C18H25NO2. The lowest BCUT2D eigenvalue weighted by atomic mass is 10.1. The number of ether oxygens (including phenoxy) is 1. The van der Waals surface area contributed by atoms with Crippen LogP contribution >= 0.6 is 0 Å². The molecule has 1 atom stereocenters. The lowest BCUT2D eigenvalue weighted by Gasteiger charge is -2.22. The SMILES string of the molecule is CC(C)(C)OC(=O)/C=C/[C@@H]1CCCN1Cc1ccccc1. The molecule has 1 fully saturated rings. The van der Waals surface area contributed by atoms with Crippen molar-refractivity contribution in [1.82, 2.24) is 4.90 Å². The van der Waals surface area contributed by atoms with Gasteiger partial charge >= 0.3 is 5.97 Å². The third-order valence-corrected chi connectivity index (χ3v) is 3.50. The maximum atomic E-state index is 11.8. The molecule has 1 aromatic carbocycles. The maximum absolute atomic E-state index is 11.8. The van der Waals surface area contributed by atoms with Crippen LogP contribution in [-0.4, -0.2) is 29.1 Å². The van der Waals surface area contributed by atoms with Crippen LogP contribution in [-0.2, 0) is 16.1 Å². The van der Waals surface area contributed by atoms with E-state index in [1.165, 1.54) is 12.0 Å². The molecule has 0 unspecified atom stereocenters. The normalized spacial score (nSPS) is 20.0. The van der Waals surface area contributed by atoms with E-state index in [1.54, 1.807) is 6.08 Å². The zero-order chi connectivity index (χ0) is 15.3. The Morgan fingerprint density at radius 1 is 1.33 bits per heavy atom. The Morgan fingerprint density at radius 2 is 2.05 bits per heavy atom. The van der Waals surface area contributed by atoms with Crippen LogP contribution < -0.4 is 0 Å². The molecule has 1 heterocycles. The standard InChI is InChI=1S/C18H25NO2/c1-18(2,3)21-17(20)12-11-16-10-7-13-19(16)14-15-8-5-4-6-9-15/h4-6,8-9,11-12,16H,7,10,13-14H2,1-3H3/b12-11+/t16-/m0/s1. The van der Waals surface area contributed by atoms with E-state index in [4.69, 9.17) is 4.74 Å². The van der Waals surface area contributed by atoms with Gasteiger partial charge in [-0.3, -0.25) is 4.90 Å². The largest absolute Gasteiger partial charge is 0.457 e. The zero-order valence-corrected chi connectivity index (χ0v) is 13.2. The van der Waals surface area contributed by atoms with Gasteiger partial charge in [0.25, 0.3) is 0 Å². The van der Waals surface area contributed by atoms with Gasteiger partial charge in [-0.15, -0.1) is 0 Å². The van der Waals surface area contributed by atoms with Crippen LogP contribution in [0.5, 0.6) is 0 Å². The van der Waals surface area contributed by atoms with Crippen molar-refractivity contribution in [2.75, 3.05) is 6.54 Å². The number of benzene rings is 1. The lowest BCUT2D eigenvalue weighted by molar-refractivity contribution is -0.148. The highest BCUT2D eigenvalue weighted by atomic mass is 16.6. The van der Waals surface area contributed by atoms with Crippen LogP contribution in [0, 0.1) is 0 Å². The molecule has 0 N–H and O–H groups in total. The van der Waals surface area contributed by atoms with Crippen LogP contribution in [0.4, 0.5) is 0 Å². The summed E-state index contributed by atoms with van der Waals surface area (Å²) in [6, 6.07) is 10.8. The second kappa shape index (κ2) is 6.90. The number of esters is 1. The smallest absolute Gasteiger partial charge is 0.330 e. The first-order valence-electron chi connectivity index (χ1n) is 7.63. The van der Waals surface area contributed by atoms with Crippen LogP contribution in [0.15, 0.2) is 42.5 Å². The highest BCUT2D eigenvalue weighted by molar-refractivity contribution is 5.82. The number of hydrogen-bond donors (Lipinski definition) is 0. The topological polar surface area (TPSA) is 29.5 Å². The molecule has 0 radical (unpaired) electrons. The molecule has 0 saturated carbocycles. The third-order valence-electron chi connectivity index (χ3n) is 3.50. The Morgan fingerprint density at radius 3 is 2.71 bits per heavy atom. The Kier molecular flexibility index (Phi) is 5.18. The monoisotopic (exact) mass is 287 g/mol. The van der Waals surface area contributed by atoms with Crippen LogP contribution in [0.3, 0.4) is 0 Å². The summed E-state index contributed by atoms with van der Waals surface area (Å²) in [5, 5.41) is 0. The van der Waals surface area contributed by atoms with E-state index in [9.17, 15) is 4.79 Å². The van der Waals surface area contributed by atoms with Gasteiger partial charge in [0.1, 0.15) is 5.60 Å². The molecule has 21 heavy (non-hydrogen) atoms. The summed E-state index contributed by atoms with van der Waals surface area (Å²) >= 11 is 0. The Hall–Kier alpha value is -1.61. The fourth-order valence-corrected chi connectivity index (χ4v) is 2.61. The molecule has 114 valence electrons. The average Bonchev–Trinajstić information content (AvgIpc) is 2.83. The van der Waals surface area contributed by atoms with Gasteiger partial charge in [0, 0.05) is 18.7 Å². The van der Waals surface area contributed by atoms with Gasteiger partial charge in [-0.05, 0) is 45.7 Å². The predicted molar refractivity (Wildman–Crippen MR) is 84.9 cm³/mol. The zero-order valence-electron chi connectivity index (χ0n) is 13.2. The van der Waals surface area contributed by atoms with E-state index in [-0.39, 0.29) is 5.97 Å². The Balaban J connectivity index is 1.91. The van der Waals surface area contributed by atoms with Crippen molar-refractivity contribution in [2.24, 2.45) is 0 Å². The minimum Gasteiger partial charge on any atom is -0.457 e. The first-order valence-corrected chi connectivity index (χ1v) is 7.63. The summed E-state index contributed by atoms with van der Waals surface area (Å²) in [5.41, 5.74) is 0.885. The molecule has 2 rings (SSSR count). The van der Waals surface area contributed by atoms with Gasteiger partial charge in [0.15, 0.2) is 0 Å². The van der Waals surface area contributed by atoms with Crippen molar-refractivity contribution in [3.63, 3.8) is 0 Å². The lowest BCUT2D eigenvalue weighted by Crippen LogP contribution is -2.28. The maximum Gasteiger partial charge on any atom is 0.330 e. The van der Waals surface area contributed by atoms with E-state index in [0.717, 1.165) is 19.5 Å².